The van der Waals surface area contributed by atoms with Crippen LogP contribution in [0.1, 0.15) is 120 Å². The van der Waals surface area contributed by atoms with Crippen LogP contribution in [-0.4, -0.2) is 265 Å². The van der Waals surface area contributed by atoms with Crippen molar-refractivity contribution in [3.05, 3.63) is 46.6 Å². The Kier molecular flexibility index (Phi) is 33.3. The predicted octanol–water partition coefficient (Wildman–Crippen LogP) is -2.66. The Hall–Kier alpha value is -2.72. The first-order chi connectivity index (χ1) is 44.2. The molecule has 0 bridgehead atoms. The summed E-state index contributed by atoms with van der Waals surface area (Å²) in [5.41, 5.74) is 5.19. The van der Waals surface area contributed by atoms with E-state index < -0.39 is 214 Å². The minimum atomic E-state index is -6.19. The Morgan fingerprint density at radius 3 is 1.36 bits per heavy atom. The van der Waals surface area contributed by atoms with Crippen molar-refractivity contribution in [2.45, 2.75) is 274 Å². The third-order valence-corrected chi connectivity index (χ3v) is 19.2. The van der Waals surface area contributed by atoms with Crippen LogP contribution in [0.5, 0.6) is 0 Å². The molecule has 2 amide bonds. The summed E-state index contributed by atoms with van der Waals surface area (Å²) in [7, 11) is -12.0. The number of carbonyl (C=O) groups is 2. The van der Waals surface area contributed by atoms with Crippen LogP contribution in [0.4, 0.5) is 0 Å². The first kappa shape index (κ1) is 82.0. The van der Waals surface area contributed by atoms with E-state index in [0.29, 0.717) is 12.8 Å². The van der Waals surface area contributed by atoms with Gasteiger partial charge in [0.05, 0.1) is 39.1 Å². The van der Waals surface area contributed by atoms with E-state index in [1.807, 2.05) is 13.8 Å². The summed E-state index contributed by atoms with van der Waals surface area (Å²) in [6.07, 6.45) is -30.2. The molecule has 5 saturated heterocycles. The molecule has 0 aromatic carbocycles. The minimum absolute atomic E-state index is 0.101. The fourth-order valence-electron chi connectivity index (χ4n) is 11.2. The zero-order valence-corrected chi connectivity index (χ0v) is 56.1. The smallest absolute Gasteiger partial charge is 0.276 e. The number of amides is 2. The van der Waals surface area contributed by atoms with Crippen molar-refractivity contribution in [2.75, 3.05) is 33.0 Å². The van der Waals surface area contributed by atoms with Crippen LogP contribution < -0.4 is 20.4 Å². The lowest BCUT2D eigenvalue weighted by atomic mass is 9.93. The summed E-state index contributed by atoms with van der Waals surface area (Å²) in [4.78, 5) is 52.6. The fourth-order valence-corrected chi connectivity index (χ4v) is 13.3. The molecule has 35 heteroatoms. The zero-order valence-electron chi connectivity index (χ0n) is 54.3. The van der Waals surface area contributed by atoms with Gasteiger partial charge in [-0.25, -0.2) is 4.31 Å². The van der Waals surface area contributed by atoms with E-state index in [1.165, 1.54) is 29.2 Å². The molecule has 5 aliphatic heterocycles. The molecule has 5 rings (SSSR count). The molecule has 2 unspecified atom stereocenters. The van der Waals surface area contributed by atoms with Gasteiger partial charge in [0.1, 0.15) is 116 Å². The molecular formula is C59H100N2O31P2-2. The Morgan fingerprint density at radius 2 is 0.862 bits per heavy atom. The zero-order chi connectivity index (χ0) is 70.1. The number of ether oxygens (including phenoxy) is 9. The number of allylic oxidation sites excluding steroid dienone is 8. The van der Waals surface area contributed by atoms with Crippen molar-refractivity contribution in [1.29, 1.82) is 0 Å². The van der Waals surface area contributed by atoms with Crippen molar-refractivity contribution in [1.82, 2.24) is 10.6 Å². The summed E-state index contributed by atoms with van der Waals surface area (Å²) >= 11 is 0. The molecule has 0 aromatic heterocycles. The molecular weight excluding hydrogens is 1290 g/mol. The average Bonchev–Trinajstić information content (AvgIpc) is 0.766. The van der Waals surface area contributed by atoms with Gasteiger partial charge in [0.2, 0.25) is 11.8 Å². The number of hydrogen-bond donors (Lipinski definition) is 15. The minimum Gasteiger partial charge on any atom is -0.756 e. The molecule has 0 saturated carbocycles. The first-order valence-electron chi connectivity index (χ1n) is 31.4. The quantitative estimate of drug-likeness (QED) is 0.0231. The molecule has 33 nitrogen and oxygen atoms in total. The lowest BCUT2D eigenvalue weighted by molar-refractivity contribution is -0.402. The van der Waals surface area contributed by atoms with E-state index >= 15 is 0 Å². The fraction of sp³-hybridized carbons (Fsp3) is 0.831. The van der Waals surface area contributed by atoms with Gasteiger partial charge in [0.15, 0.2) is 31.5 Å². The van der Waals surface area contributed by atoms with Gasteiger partial charge in [0, 0.05) is 13.8 Å². The predicted molar refractivity (Wildman–Crippen MR) is 321 cm³/mol. The number of phosphoric ester groups is 2. The second-order valence-corrected chi connectivity index (χ2v) is 27.7. The highest BCUT2D eigenvalue weighted by Gasteiger charge is 2.58. The van der Waals surface area contributed by atoms with Gasteiger partial charge in [-0.3, -0.25) is 23.2 Å². The molecule has 0 aromatic rings. The Balaban J connectivity index is 1.33. The normalized spacial score (nSPS) is 38.6. The van der Waals surface area contributed by atoms with Gasteiger partial charge in [-0.1, -0.05) is 53.5 Å². The molecule has 15 N–H and O–H groups in total. The standard InChI is InChI=1S/C59H102N2O31P2/c1-28(2)14-10-15-29(3)16-11-17-30(4)18-12-19-31(5)20-13-21-32(6)22-23-81-93(77,78)92-94(79,80)91-56-41(61-35(9)67)52(45(71)38(26-64)84-56)87-55-40(60-34(8)66)51(44(70)37(25-63)83-55)88-59-54(90-57-49(75)47(73)42(68)33(7)82-57)53(46(72)39(27-65)86-59)89-58-50(76)48(74)43(69)36(24-62)85-58/h14,16,18,20,32-33,36-59,62-65,68-76H,10-13,15,17,19,21-27H2,1-9H3,(H,60,66)(H,61,67)(H,77,78)(H,79,80)/p-2/b29-16+,30-18+,31-20-/t32-,33-,36+,37+,38+,39+,40+,41+,42+,43-,44-,45-,46-,47+,48-,49-,50+,51+,52+,53-,54+,55+,56+,57-,58+,59-/m0/s1. The number of rotatable bonds is 34. The molecule has 28 atom stereocenters. The van der Waals surface area contributed by atoms with E-state index in [9.17, 15) is 94.9 Å². The highest BCUT2D eigenvalue weighted by molar-refractivity contribution is 7.59. The average molecular weight is 1400 g/mol. The van der Waals surface area contributed by atoms with Crippen molar-refractivity contribution >= 4 is 27.5 Å². The van der Waals surface area contributed by atoms with Crippen molar-refractivity contribution in [3.8, 4) is 0 Å². The number of aliphatic hydroxyl groups excluding tert-OH is 13. The van der Waals surface area contributed by atoms with E-state index in [2.05, 4.69) is 66.9 Å². The molecule has 0 spiro atoms. The third-order valence-electron chi connectivity index (χ3n) is 16.7. The Labute approximate surface area is 546 Å². The van der Waals surface area contributed by atoms with E-state index in [0.717, 1.165) is 52.4 Å². The van der Waals surface area contributed by atoms with Gasteiger partial charge in [-0.15, -0.1) is 0 Å². The summed E-state index contributed by atoms with van der Waals surface area (Å²) < 4.78 is 94.0. The number of carbonyl (C=O) groups excluding carboxylic acids is 2. The Bertz CT molecular complexity index is 2580. The Morgan fingerprint density at radius 1 is 0.468 bits per heavy atom. The van der Waals surface area contributed by atoms with Crippen LogP contribution in [0.15, 0.2) is 46.6 Å². The molecule has 5 fully saturated rings. The van der Waals surface area contributed by atoms with Crippen LogP contribution in [0.3, 0.4) is 0 Å². The summed E-state index contributed by atoms with van der Waals surface area (Å²) in [5, 5.41) is 146. The third kappa shape index (κ3) is 23.7. The SMILES string of the molecule is CC(=O)N[C@H]1[C@@H](OP(=O)([O-])OP(=O)([O-])OCC[C@@H](C)CC/C=C(/C)CC/C=C(\C)CC/C=C(\C)CCC=C(C)C)O[C@H](CO)[C@H](O)[C@@H]1O[C@H]1O[C@H](CO)[C@H](O)[C@H](O[C@@H]2O[C@H](CO)[C@H](O)[C@H](O[C@H]3O[C@H](CO)[C@H](O)[C@H](O)[C@H]3O)[C@H]2O[C@@H]2O[C@@H](C)[C@@H](O)[C@@H](O)[C@@H]2O)[C@H]1NC(C)=O. The number of nitrogens with one attached hydrogen (secondary N) is 2. The second kappa shape index (κ2) is 38.2. The largest absolute Gasteiger partial charge is 0.756 e. The van der Waals surface area contributed by atoms with Crippen LogP contribution in [0.2, 0.25) is 0 Å². The molecule has 5 aliphatic rings. The van der Waals surface area contributed by atoms with Gasteiger partial charge < -0.3 is 134 Å². The lowest BCUT2D eigenvalue weighted by Crippen LogP contribution is -2.71. The topological polar surface area (TPSA) is 512 Å². The van der Waals surface area contributed by atoms with Crippen molar-refractivity contribution < 1.29 is 151 Å². The van der Waals surface area contributed by atoms with Crippen LogP contribution >= 0.6 is 15.6 Å². The van der Waals surface area contributed by atoms with Crippen molar-refractivity contribution in [2.24, 2.45) is 5.92 Å². The second-order valence-electron chi connectivity index (χ2n) is 24.8. The lowest BCUT2D eigenvalue weighted by Gasteiger charge is -2.52. The monoisotopic (exact) mass is 1390 g/mol. The summed E-state index contributed by atoms with van der Waals surface area (Å²) in [6, 6.07) is -4.04. The summed E-state index contributed by atoms with van der Waals surface area (Å²) in [5.74, 6) is -2.06. The van der Waals surface area contributed by atoms with Gasteiger partial charge >= 0.3 is 0 Å². The highest BCUT2D eigenvalue weighted by atomic mass is 31.3. The van der Waals surface area contributed by atoms with E-state index in [-0.39, 0.29) is 12.3 Å². The first-order valence-corrected chi connectivity index (χ1v) is 34.3. The maximum Gasteiger partial charge on any atom is 0.276 e. The molecule has 0 aliphatic carbocycles. The van der Waals surface area contributed by atoms with Crippen LogP contribution in [0, 0.1) is 5.92 Å². The van der Waals surface area contributed by atoms with E-state index in [1.54, 1.807) is 0 Å². The van der Waals surface area contributed by atoms with E-state index in [4.69, 9.17) is 51.7 Å². The molecule has 5 heterocycles. The number of phosphoric acid groups is 2. The maximum absolute atomic E-state index is 13.5. The number of aliphatic hydroxyl groups is 13. The van der Waals surface area contributed by atoms with Gasteiger partial charge in [-0.2, -0.15) is 0 Å². The van der Waals surface area contributed by atoms with Gasteiger partial charge in [-0.05, 0) is 105 Å². The van der Waals surface area contributed by atoms with Crippen molar-refractivity contribution in [3.63, 3.8) is 0 Å². The number of hydrogen-bond acceptors (Lipinski definition) is 31. The van der Waals surface area contributed by atoms with Crippen LogP contribution in [-0.2, 0) is 74.7 Å². The van der Waals surface area contributed by atoms with Crippen LogP contribution in [0.25, 0.3) is 0 Å². The maximum atomic E-state index is 13.5. The summed E-state index contributed by atoms with van der Waals surface area (Å²) in [6.45, 7) is 10.6. The highest BCUT2D eigenvalue weighted by Crippen LogP contribution is 2.57. The molecule has 544 valence electrons. The molecule has 94 heavy (non-hydrogen) atoms. The molecule has 0 radical (unpaired) electrons. The van der Waals surface area contributed by atoms with Gasteiger partial charge in [0.25, 0.3) is 15.6 Å².